The van der Waals surface area contributed by atoms with Crippen molar-refractivity contribution in [2.75, 3.05) is 19.6 Å². The monoisotopic (exact) mass is 298 g/mol. The molecular weight excluding hydrogens is 268 g/mol. The summed E-state index contributed by atoms with van der Waals surface area (Å²) >= 11 is 0. The molecule has 21 heavy (non-hydrogen) atoms. The van der Waals surface area contributed by atoms with E-state index in [0.29, 0.717) is 24.8 Å². The van der Waals surface area contributed by atoms with Crippen molar-refractivity contribution in [2.24, 2.45) is 17.3 Å². The number of carbonyl (C=O) groups excluding carboxylic acids is 1. The van der Waals surface area contributed by atoms with Gasteiger partial charge >= 0.3 is 12.0 Å². The molecule has 0 aromatic heterocycles. The standard InChI is InChI=1S/C16H30N2O3/c1-12-8-10-18(11-12)15(21)17-9-7-13(16(2,3)4)5-6-14(19)20/h12-13H,5-11H2,1-4H3,(H,17,21)(H,19,20). The second-order valence-electron chi connectivity index (χ2n) is 7.36. The minimum atomic E-state index is -0.751. The molecule has 0 aliphatic carbocycles. The molecule has 122 valence electrons. The number of nitrogens with zero attached hydrogens (tertiary/aromatic N) is 1. The molecule has 0 aromatic carbocycles. The molecule has 5 heteroatoms. The molecular formula is C16H30N2O3. The van der Waals surface area contributed by atoms with E-state index >= 15 is 0 Å². The van der Waals surface area contributed by atoms with Gasteiger partial charge in [-0.15, -0.1) is 0 Å². The van der Waals surface area contributed by atoms with Gasteiger partial charge in [-0.05, 0) is 36.5 Å². The van der Waals surface area contributed by atoms with Gasteiger partial charge in [0.05, 0.1) is 0 Å². The Balaban J connectivity index is 2.35. The SMILES string of the molecule is CC1CCN(C(=O)NCCC(CCC(=O)O)C(C)(C)C)C1. The number of aliphatic carboxylic acids is 1. The highest BCUT2D eigenvalue weighted by Crippen LogP contribution is 2.32. The van der Waals surface area contributed by atoms with Crippen molar-refractivity contribution in [1.82, 2.24) is 10.2 Å². The Morgan fingerprint density at radius 1 is 1.33 bits per heavy atom. The van der Waals surface area contributed by atoms with Gasteiger partial charge in [0, 0.05) is 26.1 Å². The quantitative estimate of drug-likeness (QED) is 0.792. The molecule has 1 saturated heterocycles. The highest BCUT2D eigenvalue weighted by Gasteiger charge is 2.26. The molecule has 1 heterocycles. The number of likely N-dealkylation sites (tertiary alicyclic amines) is 1. The number of amides is 2. The fraction of sp³-hybridized carbons (Fsp3) is 0.875. The predicted octanol–water partition coefficient (Wildman–Crippen LogP) is 2.96. The summed E-state index contributed by atoms with van der Waals surface area (Å²) in [7, 11) is 0. The molecule has 5 nitrogen and oxygen atoms in total. The molecule has 0 spiro atoms. The Morgan fingerprint density at radius 2 is 2.00 bits per heavy atom. The van der Waals surface area contributed by atoms with Crippen LogP contribution in [0.4, 0.5) is 4.79 Å². The summed E-state index contributed by atoms with van der Waals surface area (Å²) in [5.41, 5.74) is 0.0579. The van der Waals surface area contributed by atoms with Crippen LogP contribution in [0.3, 0.4) is 0 Å². The number of rotatable bonds is 6. The van der Waals surface area contributed by atoms with Crippen LogP contribution in [0.15, 0.2) is 0 Å². The molecule has 2 atom stereocenters. The Hall–Kier alpha value is -1.26. The molecule has 2 unspecified atom stereocenters. The lowest BCUT2D eigenvalue weighted by molar-refractivity contribution is -0.137. The smallest absolute Gasteiger partial charge is 0.317 e. The third-order valence-electron chi connectivity index (χ3n) is 4.41. The van der Waals surface area contributed by atoms with Crippen LogP contribution in [0, 0.1) is 17.3 Å². The number of carbonyl (C=O) groups is 2. The van der Waals surface area contributed by atoms with Crippen LogP contribution >= 0.6 is 0 Å². The second kappa shape index (κ2) is 7.66. The first-order chi connectivity index (χ1) is 9.70. The molecule has 0 aromatic rings. The first kappa shape index (κ1) is 17.8. The molecule has 2 amide bonds. The molecule has 1 aliphatic rings. The summed E-state index contributed by atoms with van der Waals surface area (Å²) in [6, 6.07) is 0.0187. The molecule has 0 saturated carbocycles. The minimum Gasteiger partial charge on any atom is -0.481 e. The Labute approximate surface area is 128 Å². The number of hydrogen-bond donors (Lipinski definition) is 2. The average Bonchev–Trinajstić information content (AvgIpc) is 2.78. The summed E-state index contributed by atoms with van der Waals surface area (Å²) in [6.07, 6.45) is 2.76. The number of carboxylic acid groups (broad SMARTS) is 1. The van der Waals surface area contributed by atoms with Crippen molar-refractivity contribution >= 4 is 12.0 Å². The van der Waals surface area contributed by atoms with E-state index in [1.807, 2.05) is 4.90 Å². The molecule has 1 aliphatic heterocycles. The molecule has 0 radical (unpaired) electrons. The summed E-state index contributed by atoms with van der Waals surface area (Å²) in [6.45, 7) is 10.8. The Kier molecular flexibility index (Phi) is 6.49. The number of urea groups is 1. The van der Waals surface area contributed by atoms with E-state index in [9.17, 15) is 9.59 Å². The van der Waals surface area contributed by atoms with Gasteiger partial charge < -0.3 is 15.3 Å². The number of hydrogen-bond acceptors (Lipinski definition) is 2. The summed E-state index contributed by atoms with van der Waals surface area (Å²) in [4.78, 5) is 24.6. The average molecular weight is 298 g/mol. The topological polar surface area (TPSA) is 69.6 Å². The van der Waals surface area contributed by atoms with Gasteiger partial charge in [0.25, 0.3) is 0 Å². The van der Waals surface area contributed by atoms with Crippen molar-refractivity contribution in [1.29, 1.82) is 0 Å². The minimum absolute atomic E-state index is 0.0187. The van der Waals surface area contributed by atoms with Gasteiger partial charge in [0.1, 0.15) is 0 Å². The zero-order chi connectivity index (χ0) is 16.0. The normalized spacial score (nSPS) is 20.4. The molecule has 0 bridgehead atoms. The van der Waals surface area contributed by atoms with Crippen molar-refractivity contribution < 1.29 is 14.7 Å². The fourth-order valence-corrected chi connectivity index (χ4v) is 2.89. The lowest BCUT2D eigenvalue weighted by Gasteiger charge is -2.31. The van der Waals surface area contributed by atoms with Crippen molar-refractivity contribution in [2.45, 2.75) is 53.4 Å². The van der Waals surface area contributed by atoms with Crippen molar-refractivity contribution in [3.05, 3.63) is 0 Å². The van der Waals surface area contributed by atoms with E-state index in [1.54, 1.807) is 0 Å². The maximum atomic E-state index is 12.0. The van der Waals surface area contributed by atoms with Crippen LogP contribution in [0.25, 0.3) is 0 Å². The highest BCUT2D eigenvalue weighted by molar-refractivity contribution is 5.74. The summed E-state index contributed by atoms with van der Waals surface area (Å²) in [5.74, 6) is 0.138. The lowest BCUT2D eigenvalue weighted by Crippen LogP contribution is -2.39. The van der Waals surface area contributed by atoms with Crippen LogP contribution < -0.4 is 5.32 Å². The van der Waals surface area contributed by atoms with Gasteiger partial charge in [0.2, 0.25) is 0 Å². The molecule has 2 N–H and O–H groups in total. The lowest BCUT2D eigenvalue weighted by atomic mass is 9.76. The van der Waals surface area contributed by atoms with E-state index in [-0.39, 0.29) is 17.9 Å². The van der Waals surface area contributed by atoms with Crippen molar-refractivity contribution in [3.63, 3.8) is 0 Å². The van der Waals surface area contributed by atoms with Crippen LogP contribution in [0.2, 0.25) is 0 Å². The van der Waals surface area contributed by atoms with E-state index in [4.69, 9.17) is 5.11 Å². The first-order valence-corrected chi connectivity index (χ1v) is 7.94. The van der Waals surface area contributed by atoms with E-state index in [2.05, 4.69) is 33.0 Å². The Bertz CT molecular complexity index is 363. The maximum absolute atomic E-state index is 12.0. The van der Waals surface area contributed by atoms with Gasteiger partial charge in [-0.25, -0.2) is 4.79 Å². The van der Waals surface area contributed by atoms with Gasteiger partial charge in [-0.3, -0.25) is 4.79 Å². The maximum Gasteiger partial charge on any atom is 0.317 e. The van der Waals surface area contributed by atoms with Crippen molar-refractivity contribution in [3.8, 4) is 0 Å². The first-order valence-electron chi connectivity index (χ1n) is 7.94. The largest absolute Gasteiger partial charge is 0.481 e. The van der Waals surface area contributed by atoms with Gasteiger partial charge in [-0.2, -0.15) is 0 Å². The third-order valence-corrected chi connectivity index (χ3v) is 4.41. The number of carboxylic acids is 1. The number of nitrogens with one attached hydrogen (secondary N) is 1. The zero-order valence-electron chi connectivity index (χ0n) is 13.8. The summed E-state index contributed by atoms with van der Waals surface area (Å²) < 4.78 is 0. The van der Waals surface area contributed by atoms with E-state index < -0.39 is 5.97 Å². The fourth-order valence-electron chi connectivity index (χ4n) is 2.89. The van der Waals surface area contributed by atoms with Crippen LogP contribution in [0.5, 0.6) is 0 Å². The summed E-state index contributed by atoms with van der Waals surface area (Å²) in [5, 5.41) is 11.8. The second-order valence-corrected chi connectivity index (χ2v) is 7.36. The highest BCUT2D eigenvalue weighted by atomic mass is 16.4. The molecule has 1 fully saturated rings. The van der Waals surface area contributed by atoms with Gasteiger partial charge in [-0.1, -0.05) is 27.7 Å². The van der Waals surface area contributed by atoms with E-state index in [0.717, 1.165) is 25.9 Å². The third kappa shape index (κ3) is 6.36. The zero-order valence-corrected chi connectivity index (χ0v) is 13.8. The van der Waals surface area contributed by atoms with Crippen LogP contribution in [0.1, 0.15) is 53.4 Å². The predicted molar refractivity (Wildman–Crippen MR) is 83.2 cm³/mol. The Morgan fingerprint density at radius 3 is 2.48 bits per heavy atom. The van der Waals surface area contributed by atoms with Gasteiger partial charge in [0.15, 0.2) is 0 Å². The van der Waals surface area contributed by atoms with E-state index in [1.165, 1.54) is 0 Å². The molecule has 1 rings (SSSR count). The van der Waals surface area contributed by atoms with Crippen LogP contribution in [-0.4, -0.2) is 41.6 Å². The van der Waals surface area contributed by atoms with Crippen LogP contribution in [-0.2, 0) is 4.79 Å².